The van der Waals surface area contributed by atoms with Gasteiger partial charge >= 0.3 is 5.97 Å². The van der Waals surface area contributed by atoms with Gasteiger partial charge in [0.25, 0.3) is 0 Å². The number of esters is 1. The van der Waals surface area contributed by atoms with Crippen LogP contribution >= 0.6 is 11.3 Å². The highest BCUT2D eigenvalue weighted by atomic mass is 32.1. The van der Waals surface area contributed by atoms with E-state index in [0.29, 0.717) is 17.0 Å². The number of ether oxygens (including phenoxy) is 1. The Kier molecular flexibility index (Phi) is 3.23. The molecule has 2 aromatic heterocycles. The molecule has 0 spiro atoms. The molecule has 6 heteroatoms. The van der Waals surface area contributed by atoms with E-state index in [1.807, 2.05) is 24.3 Å². The van der Waals surface area contributed by atoms with Gasteiger partial charge < -0.3 is 9.26 Å². The van der Waals surface area contributed by atoms with Gasteiger partial charge in [0.05, 0.1) is 15.9 Å². The number of rotatable bonds is 3. The van der Waals surface area contributed by atoms with Crippen LogP contribution in [0.5, 0.6) is 0 Å². The monoisotopic (exact) mass is 288 g/mol. The number of fused-ring (bicyclic) bond motifs is 1. The van der Waals surface area contributed by atoms with E-state index in [9.17, 15) is 4.79 Å². The summed E-state index contributed by atoms with van der Waals surface area (Å²) in [6, 6.07) is 7.82. The van der Waals surface area contributed by atoms with Crippen molar-refractivity contribution in [1.29, 1.82) is 0 Å². The van der Waals surface area contributed by atoms with Crippen LogP contribution in [0.2, 0.25) is 0 Å². The predicted octanol–water partition coefficient (Wildman–Crippen LogP) is 3.26. The first-order chi connectivity index (χ1) is 9.65. The smallest absolute Gasteiger partial charge is 0.344 e. The van der Waals surface area contributed by atoms with Gasteiger partial charge in [-0.2, -0.15) is 0 Å². The molecule has 0 unspecified atom stereocenters. The molecule has 0 saturated carbocycles. The molecule has 20 heavy (non-hydrogen) atoms. The zero-order chi connectivity index (χ0) is 14.1. The molecule has 0 fully saturated rings. The van der Waals surface area contributed by atoms with Gasteiger partial charge in [-0.3, -0.25) is 0 Å². The van der Waals surface area contributed by atoms with Crippen molar-refractivity contribution in [3.8, 4) is 0 Å². The minimum atomic E-state index is -0.430. The molecule has 2 heterocycles. The molecular weight excluding hydrogens is 276 g/mol. The van der Waals surface area contributed by atoms with Crippen molar-refractivity contribution < 1.29 is 14.1 Å². The summed E-state index contributed by atoms with van der Waals surface area (Å²) in [6.45, 7) is 3.56. The second-order valence-corrected chi connectivity index (χ2v) is 5.47. The second-order valence-electron chi connectivity index (χ2n) is 4.35. The van der Waals surface area contributed by atoms with Crippen molar-refractivity contribution in [2.75, 3.05) is 0 Å². The molecule has 102 valence electrons. The van der Waals surface area contributed by atoms with E-state index in [4.69, 9.17) is 9.26 Å². The van der Waals surface area contributed by atoms with E-state index in [1.165, 1.54) is 11.3 Å². The van der Waals surface area contributed by atoms with E-state index < -0.39 is 5.97 Å². The molecule has 0 N–H and O–H groups in total. The van der Waals surface area contributed by atoms with E-state index in [1.54, 1.807) is 13.8 Å². The highest BCUT2D eigenvalue weighted by Crippen LogP contribution is 2.22. The van der Waals surface area contributed by atoms with Crippen LogP contribution in [0.1, 0.15) is 26.8 Å². The van der Waals surface area contributed by atoms with Gasteiger partial charge in [-0.1, -0.05) is 17.3 Å². The number of carbonyl (C=O) groups is 1. The molecule has 0 aliphatic rings. The highest BCUT2D eigenvalue weighted by Gasteiger charge is 2.19. The van der Waals surface area contributed by atoms with Crippen LogP contribution in [0.15, 0.2) is 28.8 Å². The Morgan fingerprint density at radius 2 is 2.15 bits per heavy atom. The van der Waals surface area contributed by atoms with Gasteiger partial charge in [-0.15, -0.1) is 11.3 Å². The number of thiazole rings is 1. The van der Waals surface area contributed by atoms with Crippen LogP contribution in [0.3, 0.4) is 0 Å². The van der Waals surface area contributed by atoms with Crippen molar-refractivity contribution in [3.63, 3.8) is 0 Å². The molecule has 0 aliphatic heterocycles. The fraction of sp³-hybridized carbons (Fsp3) is 0.214. The lowest BCUT2D eigenvalue weighted by Crippen LogP contribution is -2.07. The third kappa shape index (κ3) is 2.30. The van der Waals surface area contributed by atoms with Gasteiger partial charge in [0.2, 0.25) is 0 Å². The van der Waals surface area contributed by atoms with Crippen molar-refractivity contribution in [2.24, 2.45) is 0 Å². The number of nitrogens with zero attached hydrogens (tertiary/aromatic N) is 2. The maximum atomic E-state index is 12.0. The van der Waals surface area contributed by atoms with Crippen LogP contribution in [-0.4, -0.2) is 16.1 Å². The van der Waals surface area contributed by atoms with E-state index in [-0.39, 0.29) is 6.61 Å². The van der Waals surface area contributed by atoms with Crippen LogP contribution in [0.25, 0.3) is 10.2 Å². The van der Waals surface area contributed by atoms with Crippen LogP contribution in [0, 0.1) is 13.8 Å². The second kappa shape index (κ2) is 5.05. The summed E-state index contributed by atoms with van der Waals surface area (Å²) in [5.41, 5.74) is 1.85. The molecule has 0 atom stereocenters. The normalized spacial score (nSPS) is 10.9. The maximum absolute atomic E-state index is 12.0. The Morgan fingerprint density at radius 3 is 2.85 bits per heavy atom. The van der Waals surface area contributed by atoms with Gasteiger partial charge in [-0.25, -0.2) is 9.78 Å². The topological polar surface area (TPSA) is 65.2 Å². The molecule has 0 bridgehead atoms. The van der Waals surface area contributed by atoms with Crippen LogP contribution < -0.4 is 0 Å². The molecule has 0 radical (unpaired) electrons. The maximum Gasteiger partial charge on any atom is 0.344 e. The highest BCUT2D eigenvalue weighted by molar-refractivity contribution is 7.18. The lowest BCUT2D eigenvalue weighted by atomic mass is 10.2. The van der Waals surface area contributed by atoms with E-state index >= 15 is 0 Å². The Morgan fingerprint density at radius 1 is 1.35 bits per heavy atom. The Balaban J connectivity index is 1.74. The first kappa shape index (κ1) is 12.8. The fourth-order valence-corrected chi connectivity index (χ4v) is 2.84. The van der Waals surface area contributed by atoms with Crippen LogP contribution in [0.4, 0.5) is 0 Å². The third-order valence-electron chi connectivity index (χ3n) is 2.90. The molecule has 1 aromatic carbocycles. The summed E-state index contributed by atoms with van der Waals surface area (Å²) in [5.74, 6) is 0.0392. The first-order valence-corrected chi connectivity index (χ1v) is 6.91. The SMILES string of the molecule is Cc1noc(C)c1C(=O)OCc1nc2ccccc2s1. The van der Waals surface area contributed by atoms with Gasteiger partial charge in [0, 0.05) is 0 Å². The lowest BCUT2D eigenvalue weighted by molar-refractivity contribution is 0.0470. The number of carbonyl (C=O) groups excluding carboxylic acids is 1. The van der Waals surface area contributed by atoms with Crippen molar-refractivity contribution in [3.05, 3.63) is 46.3 Å². The van der Waals surface area contributed by atoms with Crippen LogP contribution in [-0.2, 0) is 11.3 Å². The summed E-state index contributed by atoms with van der Waals surface area (Å²) in [6.07, 6.45) is 0. The average Bonchev–Trinajstić information content (AvgIpc) is 2.99. The largest absolute Gasteiger partial charge is 0.455 e. The average molecular weight is 288 g/mol. The third-order valence-corrected chi connectivity index (χ3v) is 3.91. The Hall–Kier alpha value is -2.21. The molecule has 0 aliphatic carbocycles. The Bertz CT molecular complexity index is 723. The molecule has 5 nitrogen and oxygen atoms in total. The number of hydrogen-bond acceptors (Lipinski definition) is 6. The summed E-state index contributed by atoms with van der Waals surface area (Å²) in [7, 11) is 0. The standard InChI is InChI=1S/C14H12N2O3S/c1-8-13(9(2)19-16-8)14(17)18-7-12-15-10-5-3-4-6-11(10)20-12/h3-6H,7H2,1-2H3. The van der Waals surface area contributed by atoms with Gasteiger partial charge in [-0.05, 0) is 26.0 Å². The van der Waals surface area contributed by atoms with Gasteiger partial charge in [0.1, 0.15) is 22.9 Å². The fourth-order valence-electron chi connectivity index (χ4n) is 1.96. The number of aryl methyl sites for hydroxylation is 2. The van der Waals surface area contributed by atoms with E-state index in [2.05, 4.69) is 10.1 Å². The zero-order valence-electron chi connectivity index (χ0n) is 11.0. The summed E-state index contributed by atoms with van der Waals surface area (Å²) >= 11 is 1.52. The minimum Gasteiger partial charge on any atom is -0.455 e. The molecule has 0 saturated heterocycles. The first-order valence-electron chi connectivity index (χ1n) is 6.09. The molecule has 0 amide bonds. The predicted molar refractivity (Wildman–Crippen MR) is 74.7 cm³/mol. The summed E-state index contributed by atoms with van der Waals surface area (Å²) in [4.78, 5) is 16.4. The quantitative estimate of drug-likeness (QED) is 0.692. The number of benzene rings is 1. The van der Waals surface area contributed by atoms with E-state index in [0.717, 1.165) is 15.2 Å². The Labute approximate surface area is 119 Å². The van der Waals surface area contributed by atoms with Crippen molar-refractivity contribution >= 4 is 27.5 Å². The molecular formula is C14H12N2O3S. The minimum absolute atomic E-state index is 0.155. The number of aromatic nitrogens is 2. The number of hydrogen-bond donors (Lipinski definition) is 0. The van der Waals surface area contributed by atoms with Crippen molar-refractivity contribution in [1.82, 2.24) is 10.1 Å². The van der Waals surface area contributed by atoms with Crippen molar-refractivity contribution in [2.45, 2.75) is 20.5 Å². The zero-order valence-corrected chi connectivity index (χ0v) is 11.9. The lowest BCUT2D eigenvalue weighted by Gasteiger charge is -2.01. The molecule has 3 rings (SSSR count). The summed E-state index contributed by atoms with van der Waals surface area (Å²) < 4.78 is 11.3. The number of para-hydroxylation sites is 1. The molecule has 3 aromatic rings. The summed E-state index contributed by atoms with van der Waals surface area (Å²) in [5, 5.41) is 4.51. The van der Waals surface area contributed by atoms with Gasteiger partial charge in [0.15, 0.2) is 0 Å².